The van der Waals surface area contributed by atoms with Crippen LogP contribution in [0.1, 0.15) is 35.3 Å². The van der Waals surface area contributed by atoms with Crippen molar-refractivity contribution in [3.05, 3.63) is 59.2 Å². The number of hydrogen-bond donors (Lipinski definition) is 2. The van der Waals surface area contributed by atoms with Crippen LogP contribution in [0.2, 0.25) is 0 Å². The number of aryl methyl sites for hydroxylation is 1. The first-order valence-corrected chi connectivity index (χ1v) is 9.21. The van der Waals surface area contributed by atoms with Crippen molar-refractivity contribution in [3.63, 3.8) is 0 Å². The fraction of sp³-hybridized carbons (Fsp3) is 0.364. The quantitative estimate of drug-likeness (QED) is 0.733. The van der Waals surface area contributed by atoms with Crippen LogP contribution >= 0.6 is 0 Å². The summed E-state index contributed by atoms with van der Waals surface area (Å²) in [7, 11) is 3.04. The average molecular weight is 384 g/mol. The minimum atomic E-state index is -0.658. The van der Waals surface area contributed by atoms with Gasteiger partial charge in [0, 0.05) is 18.2 Å². The molecule has 0 aliphatic heterocycles. The minimum Gasteiger partial charge on any atom is -0.497 e. The fourth-order valence-corrected chi connectivity index (χ4v) is 2.82. The molecule has 0 aliphatic rings. The van der Waals surface area contributed by atoms with Crippen molar-refractivity contribution in [1.29, 1.82) is 0 Å². The van der Waals surface area contributed by atoms with E-state index in [1.54, 1.807) is 18.2 Å². The first-order chi connectivity index (χ1) is 13.3. The van der Waals surface area contributed by atoms with E-state index in [9.17, 15) is 9.59 Å². The average Bonchev–Trinajstić information content (AvgIpc) is 2.69. The summed E-state index contributed by atoms with van der Waals surface area (Å²) < 4.78 is 10.4. The first-order valence-electron chi connectivity index (χ1n) is 9.21. The third-order valence-corrected chi connectivity index (χ3v) is 4.40. The number of ether oxygens (including phenoxy) is 2. The fourth-order valence-electron chi connectivity index (χ4n) is 2.82. The van der Waals surface area contributed by atoms with E-state index >= 15 is 0 Å². The zero-order chi connectivity index (χ0) is 20.7. The summed E-state index contributed by atoms with van der Waals surface area (Å²) in [4.78, 5) is 25.4. The lowest BCUT2D eigenvalue weighted by molar-refractivity contribution is -0.124. The zero-order valence-electron chi connectivity index (χ0n) is 17.0. The van der Waals surface area contributed by atoms with E-state index in [4.69, 9.17) is 9.47 Å². The van der Waals surface area contributed by atoms with Crippen LogP contribution in [0.15, 0.2) is 42.5 Å². The number of hydrogen-bond acceptors (Lipinski definition) is 4. The molecule has 6 heteroatoms. The molecule has 2 rings (SSSR count). The molecule has 2 aromatic carbocycles. The van der Waals surface area contributed by atoms with E-state index in [0.717, 1.165) is 11.1 Å². The summed E-state index contributed by atoms with van der Waals surface area (Å²) >= 11 is 0. The predicted octanol–water partition coefficient (Wildman–Crippen LogP) is 3.08. The monoisotopic (exact) mass is 384 g/mol. The Kier molecular flexibility index (Phi) is 7.44. The molecule has 0 heterocycles. The molecular formula is C22H28N2O4. The Balaban J connectivity index is 2.09. The van der Waals surface area contributed by atoms with Crippen LogP contribution in [0.25, 0.3) is 0 Å². The van der Waals surface area contributed by atoms with Crippen molar-refractivity contribution >= 4 is 11.8 Å². The van der Waals surface area contributed by atoms with E-state index in [-0.39, 0.29) is 17.7 Å². The van der Waals surface area contributed by atoms with Gasteiger partial charge in [-0.15, -0.1) is 0 Å². The third-order valence-electron chi connectivity index (χ3n) is 4.40. The van der Waals surface area contributed by atoms with Crippen LogP contribution in [-0.2, 0) is 11.3 Å². The number of carbonyl (C=O) groups excluding carboxylic acids is 2. The summed E-state index contributed by atoms with van der Waals surface area (Å²) in [5.74, 6) is 0.360. The molecule has 0 radical (unpaired) electrons. The van der Waals surface area contributed by atoms with Crippen LogP contribution in [0.4, 0.5) is 0 Å². The SMILES string of the molecule is COc1cc(OC)cc(C(=O)NC(C(=O)NCc2cccc(C)c2)C(C)C)c1. The van der Waals surface area contributed by atoms with E-state index < -0.39 is 6.04 Å². The van der Waals surface area contributed by atoms with E-state index in [0.29, 0.717) is 23.6 Å². The Morgan fingerprint density at radius 2 is 1.64 bits per heavy atom. The van der Waals surface area contributed by atoms with Gasteiger partial charge < -0.3 is 20.1 Å². The standard InChI is InChI=1S/C22H28N2O4/c1-14(2)20(22(26)23-13-16-8-6-7-15(3)9-16)24-21(25)17-10-18(27-4)12-19(11-17)28-5/h6-12,14,20H,13H2,1-5H3,(H,23,26)(H,24,25). The highest BCUT2D eigenvalue weighted by molar-refractivity contribution is 5.98. The molecule has 0 saturated carbocycles. The number of carbonyl (C=O) groups is 2. The Bertz CT molecular complexity index is 811. The lowest BCUT2D eigenvalue weighted by Gasteiger charge is -2.22. The summed E-state index contributed by atoms with van der Waals surface area (Å²) in [6.07, 6.45) is 0. The van der Waals surface area contributed by atoms with Gasteiger partial charge in [-0.05, 0) is 30.5 Å². The van der Waals surface area contributed by atoms with Crippen molar-refractivity contribution in [2.24, 2.45) is 5.92 Å². The van der Waals surface area contributed by atoms with Gasteiger partial charge in [-0.2, -0.15) is 0 Å². The van der Waals surface area contributed by atoms with Gasteiger partial charge in [-0.3, -0.25) is 9.59 Å². The molecule has 6 nitrogen and oxygen atoms in total. The van der Waals surface area contributed by atoms with Crippen LogP contribution in [0, 0.1) is 12.8 Å². The molecule has 2 N–H and O–H groups in total. The molecule has 2 aromatic rings. The highest BCUT2D eigenvalue weighted by Gasteiger charge is 2.25. The van der Waals surface area contributed by atoms with Gasteiger partial charge in [-0.25, -0.2) is 0 Å². The van der Waals surface area contributed by atoms with Gasteiger partial charge in [0.15, 0.2) is 0 Å². The molecule has 0 aromatic heterocycles. The molecule has 28 heavy (non-hydrogen) atoms. The van der Waals surface area contributed by atoms with Crippen molar-refractivity contribution in [2.45, 2.75) is 33.4 Å². The summed E-state index contributed by atoms with van der Waals surface area (Å²) in [6.45, 7) is 6.20. The maximum atomic E-state index is 12.7. The van der Waals surface area contributed by atoms with Crippen molar-refractivity contribution in [1.82, 2.24) is 10.6 Å². The minimum absolute atomic E-state index is 0.0750. The summed E-state index contributed by atoms with van der Waals surface area (Å²) in [5.41, 5.74) is 2.51. The summed E-state index contributed by atoms with van der Waals surface area (Å²) in [5, 5.41) is 5.73. The number of rotatable bonds is 8. The number of amides is 2. The Hall–Kier alpha value is -3.02. The molecule has 0 spiro atoms. The topological polar surface area (TPSA) is 76.7 Å². The van der Waals surface area contributed by atoms with Gasteiger partial charge in [-0.1, -0.05) is 43.7 Å². The third kappa shape index (κ3) is 5.74. The Morgan fingerprint density at radius 1 is 1.00 bits per heavy atom. The lowest BCUT2D eigenvalue weighted by Crippen LogP contribution is -2.49. The van der Waals surface area contributed by atoms with E-state index in [1.165, 1.54) is 14.2 Å². The predicted molar refractivity (Wildman–Crippen MR) is 109 cm³/mol. The Morgan fingerprint density at radius 3 is 2.18 bits per heavy atom. The highest BCUT2D eigenvalue weighted by atomic mass is 16.5. The maximum Gasteiger partial charge on any atom is 0.252 e. The van der Waals surface area contributed by atoms with E-state index in [2.05, 4.69) is 10.6 Å². The molecule has 0 saturated heterocycles. The van der Waals surface area contributed by atoms with Gasteiger partial charge in [0.2, 0.25) is 5.91 Å². The zero-order valence-corrected chi connectivity index (χ0v) is 17.0. The summed E-state index contributed by atoms with van der Waals surface area (Å²) in [6, 6.07) is 12.2. The van der Waals surface area contributed by atoms with Crippen LogP contribution in [-0.4, -0.2) is 32.1 Å². The van der Waals surface area contributed by atoms with Gasteiger partial charge in [0.1, 0.15) is 17.5 Å². The van der Waals surface area contributed by atoms with Crippen LogP contribution in [0.3, 0.4) is 0 Å². The molecule has 1 unspecified atom stereocenters. The second-order valence-electron chi connectivity index (χ2n) is 7.00. The number of nitrogens with one attached hydrogen (secondary N) is 2. The Labute approximate surface area is 166 Å². The molecular weight excluding hydrogens is 356 g/mol. The lowest BCUT2D eigenvalue weighted by atomic mass is 10.0. The number of benzene rings is 2. The van der Waals surface area contributed by atoms with Gasteiger partial charge in [0.05, 0.1) is 14.2 Å². The van der Waals surface area contributed by atoms with Crippen molar-refractivity contribution in [3.8, 4) is 11.5 Å². The van der Waals surface area contributed by atoms with Gasteiger partial charge >= 0.3 is 0 Å². The first kappa shape index (κ1) is 21.3. The van der Waals surface area contributed by atoms with E-state index in [1.807, 2.05) is 45.0 Å². The molecule has 0 fully saturated rings. The van der Waals surface area contributed by atoms with Crippen LogP contribution < -0.4 is 20.1 Å². The molecule has 0 aliphatic carbocycles. The van der Waals surface area contributed by atoms with Crippen molar-refractivity contribution < 1.29 is 19.1 Å². The second kappa shape index (κ2) is 9.78. The highest BCUT2D eigenvalue weighted by Crippen LogP contribution is 2.22. The van der Waals surface area contributed by atoms with Gasteiger partial charge in [0.25, 0.3) is 5.91 Å². The molecule has 0 bridgehead atoms. The largest absolute Gasteiger partial charge is 0.497 e. The molecule has 1 atom stereocenters. The maximum absolute atomic E-state index is 12.7. The second-order valence-corrected chi connectivity index (χ2v) is 7.00. The van der Waals surface area contributed by atoms with Crippen molar-refractivity contribution in [2.75, 3.05) is 14.2 Å². The number of methoxy groups -OCH3 is 2. The molecule has 2 amide bonds. The van der Waals surface area contributed by atoms with Crippen LogP contribution in [0.5, 0.6) is 11.5 Å². The smallest absolute Gasteiger partial charge is 0.252 e. The molecule has 150 valence electrons. The normalized spacial score (nSPS) is 11.6.